The van der Waals surface area contributed by atoms with E-state index in [1.54, 1.807) is 6.08 Å². The van der Waals surface area contributed by atoms with Crippen LogP contribution >= 0.6 is 0 Å². The van der Waals surface area contributed by atoms with Gasteiger partial charge in [0.25, 0.3) is 0 Å². The fourth-order valence-electron chi connectivity index (χ4n) is 11.6. The number of carbonyl (C=O) groups excluding carboxylic acids is 2. The number of carbonyl (C=O) groups is 2. The molecule has 81 heavy (non-hydrogen) atoms. The summed E-state index contributed by atoms with van der Waals surface area (Å²) in [6, 6.07) is -0.627. The molecule has 3 N–H and O–H groups in total. The topological polar surface area (TPSA) is 95.9 Å². The third-order valence-corrected chi connectivity index (χ3v) is 17.2. The number of amides is 1. The highest BCUT2D eigenvalue weighted by Gasteiger charge is 2.18. The van der Waals surface area contributed by atoms with E-state index in [9.17, 15) is 19.8 Å². The van der Waals surface area contributed by atoms with Gasteiger partial charge in [-0.2, -0.15) is 0 Å². The normalized spacial score (nSPS) is 12.7. The molecule has 0 spiro atoms. The van der Waals surface area contributed by atoms with Gasteiger partial charge in [0.2, 0.25) is 5.91 Å². The number of hydrogen-bond acceptors (Lipinski definition) is 5. The highest BCUT2D eigenvalue weighted by atomic mass is 16.5. The molecular weight excluding hydrogens is 995 g/mol. The van der Waals surface area contributed by atoms with Crippen LogP contribution in [-0.4, -0.2) is 47.4 Å². The Morgan fingerprint density at radius 2 is 0.617 bits per heavy atom. The number of esters is 1. The second-order valence-corrected chi connectivity index (χ2v) is 25.3. The minimum absolute atomic E-state index is 0.0140. The Labute approximate surface area is 506 Å². The summed E-state index contributed by atoms with van der Waals surface area (Å²) in [6.45, 7) is 4.93. The lowest BCUT2D eigenvalue weighted by molar-refractivity contribution is -0.143. The van der Waals surface area contributed by atoms with Gasteiger partial charge in [-0.15, -0.1) is 0 Å². The molecule has 6 nitrogen and oxygen atoms in total. The van der Waals surface area contributed by atoms with Gasteiger partial charge in [-0.1, -0.05) is 365 Å². The SMILES string of the molecule is CCCCCCCCCCCCCCCCCCCC/C=C/C(O)C(CO)NC(=O)CCCCCCCCCCCCCCCCCCC/C=C\C/C=C\CCCCCCCCCCCOC(=O)CCCCCCCCCCCCC. The van der Waals surface area contributed by atoms with E-state index in [4.69, 9.17) is 4.74 Å². The van der Waals surface area contributed by atoms with E-state index >= 15 is 0 Å². The van der Waals surface area contributed by atoms with Crippen molar-refractivity contribution >= 4 is 11.9 Å². The van der Waals surface area contributed by atoms with Crippen molar-refractivity contribution in [1.29, 1.82) is 0 Å². The molecule has 2 atom stereocenters. The summed E-state index contributed by atoms with van der Waals surface area (Å²) in [6.07, 6.45) is 91.0. The second-order valence-electron chi connectivity index (χ2n) is 25.3. The molecule has 0 saturated heterocycles. The van der Waals surface area contributed by atoms with Crippen molar-refractivity contribution < 1.29 is 24.5 Å². The van der Waals surface area contributed by atoms with Gasteiger partial charge in [0, 0.05) is 12.8 Å². The maximum absolute atomic E-state index is 12.5. The molecule has 0 aliphatic carbocycles. The number of aliphatic hydroxyl groups is 2. The van der Waals surface area contributed by atoms with Crippen LogP contribution in [0.1, 0.15) is 406 Å². The van der Waals surface area contributed by atoms with Crippen LogP contribution in [0.3, 0.4) is 0 Å². The van der Waals surface area contributed by atoms with Gasteiger partial charge >= 0.3 is 5.97 Å². The second kappa shape index (κ2) is 70.6. The number of unbranched alkanes of at least 4 members (excludes halogenated alkanes) is 54. The Bertz CT molecular complexity index is 1310. The lowest BCUT2D eigenvalue weighted by atomic mass is 10.0. The Morgan fingerprint density at radius 3 is 0.938 bits per heavy atom. The van der Waals surface area contributed by atoms with Gasteiger partial charge in [-0.3, -0.25) is 9.59 Å². The zero-order valence-corrected chi connectivity index (χ0v) is 54.8. The van der Waals surface area contributed by atoms with Crippen LogP contribution in [-0.2, 0) is 14.3 Å². The molecule has 2 unspecified atom stereocenters. The summed E-state index contributed by atoms with van der Waals surface area (Å²) >= 11 is 0. The van der Waals surface area contributed by atoms with Crippen LogP contribution in [0.15, 0.2) is 36.5 Å². The van der Waals surface area contributed by atoms with Crippen molar-refractivity contribution in [3.63, 3.8) is 0 Å². The Kier molecular flexibility index (Phi) is 68.9. The van der Waals surface area contributed by atoms with Crippen molar-refractivity contribution in [3.8, 4) is 0 Å². The predicted octanol–water partition coefficient (Wildman–Crippen LogP) is 23.9. The lowest BCUT2D eigenvalue weighted by Gasteiger charge is -2.20. The quantitative estimate of drug-likeness (QED) is 0.0320. The maximum Gasteiger partial charge on any atom is 0.305 e. The van der Waals surface area contributed by atoms with Gasteiger partial charge in [-0.25, -0.2) is 0 Å². The van der Waals surface area contributed by atoms with Crippen molar-refractivity contribution in [1.82, 2.24) is 5.32 Å². The van der Waals surface area contributed by atoms with Crippen molar-refractivity contribution in [3.05, 3.63) is 36.5 Å². The minimum Gasteiger partial charge on any atom is -0.466 e. The van der Waals surface area contributed by atoms with E-state index in [2.05, 4.69) is 43.5 Å². The summed E-state index contributed by atoms with van der Waals surface area (Å²) in [4.78, 5) is 24.5. The van der Waals surface area contributed by atoms with Gasteiger partial charge in [-0.05, 0) is 64.2 Å². The molecule has 0 heterocycles. The third-order valence-electron chi connectivity index (χ3n) is 17.2. The van der Waals surface area contributed by atoms with Gasteiger partial charge in [0.05, 0.1) is 25.4 Å². The molecule has 0 aromatic rings. The van der Waals surface area contributed by atoms with Crippen LogP contribution in [0.5, 0.6) is 0 Å². The van der Waals surface area contributed by atoms with Crippen LogP contribution in [0, 0.1) is 0 Å². The van der Waals surface area contributed by atoms with E-state index in [1.807, 2.05) is 6.08 Å². The van der Waals surface area contributed by atoms with Crippen molar-refractivity contribution in [2.75, 3.05) is 13.2 Å². The number of aliphatic hydroxyl groups excluding tert-OH is 2. The van der Waals surface area contributed by atoms with E-state index < -0.39 is 12.1 Å². The molecule has 0 radical (unpaired) electrons. The average Bonchev–Trinajstić information content (AvgIpc) is 3.47. The third kappa shape index (κ3) is 67.1. The van der Waals surface area contributed by atoms with E-state index in [0.717, 1.165) is 44.9 Å². The molecule has 0 aromatic carbocycles. The summed E-state index contributed by atoms with van der Waals surface area (Å²) in [5.41, 5.74) is 0. The number of hydrogen-bond donors (Lipinski definition) is 3. The number of allylic oxidation sites excluding steroid dienone is 5. The fraction of sp³-hybridized carbons (Fsp3) is 0.893. The highest BCUT2D eigenvalue weighted by Crippen LogP contribution is 2.19. The molecule has 0 aliphatic rings. The van der Waals surface area contributed by atoms with Crippen molar-refractivity contribution in [2.45, 2.75) is 418 Å². The number of ether oxygens (including phenoxy) is 1. The van der Waals surface area contributed by atoms with Gasteiger partial charge in [0.1, 0.15) is 0 Å². The zero-order chi connectivity index (χ0) is 58.5. The molecule has 0 bridgehead atoms. The molecule has 0 fully saturated rings. The zero-order valence-electron chi connectivity index (χ0n) is 54.8. The standard InChI is InChI=1S/C75H143NO5/c1-3-5-7-9-11-13-15-16-17-18-19-35-38-41-44-48-51-55-59-63-67-73(78)72(71-77)76-74(79)68-64-60-56-52-49-45-42-39-36-33-31-29-27-25-23-21-20-22-24-26-28-30-32-34-37-40-43-46-50-54-58-62-66-70-81-75(80)69-65-61-57-53-47-14-12-10-8-6-4-2/h24,26,30,32,63,67,72-73,77-78H,3-23,25,27-29,31,33-62,64-66,68-71H2,1-2H3,(H,76,79)/b26-24-,32-30-,67-63+. The monoisotopic (exact) mass is 1140 g/mol. The summed E-state index contributed by atoms with van der Waals surface area (Å²) in [7, 11) is 0. The lowest BCUT2D eigenvalue weighted by Crippen LogP contribution is -2.45. The molecule has 0 aliphatic heterocycles. The van der Waals surface area contributed by atoms with Crippen LogP contribution in [0.4, 0.5) is 0 Å². The highest BCUT2D eigenvalue weighted by molar-refractivity contribution is 5.76. The Morgan fingerprint density at radius 1 is 0.346 bits per heavy atom. The molecule has 0 rings (SSSR count). The van der Waals surface area contributed by atoms with Crippen LogP contribution in [0.2, 0.25) is 0 Å². The Hall–Kier alpha value is -1.92. The minimum atomic E-state index is -0.844. The average molecular weight is 1140 g/mol. The molecule has 6 heteroatoms. The van der Waals surface area contributed by atoms with Gasteiger partial charge < -0.3 is 20.3 Å². The molecule has 0 saturated carbocycles. The molecular formula is C75H143NO5. The summed E-state index contributed by atoms with van der Waals surface area (Å²) < 4.78 is 5.47. The maximum atomic E-state index is 12.5. The first-order valence-corrected chi connectivity index (χ1v) is 36.8. The van der Waals surface area contributed by atoms with Crippen molar-refractivity contribution in [2.24, 2.45) is 0 Å². The predicted molar refractivity (Wildman–Crippen MR) is 356 cm³/mol. The molecule has 1 amide bonds. The smallest absolute Gasteiger partial charge is 0.305 e. The summed E-state index contributed by atoms with van der Waals surface area (Å²) in [5.74, 6) is -0.0482. The van der Waals surface area contributed by atoms with E-state index in [0.29, 0.717) is 19.4 Å². The fourth-order valence-corrected chi connectivity index (χ4v) is 11.6. The molecule has 478 valence electrons. The van der Waals surface area contributed by atoms with Gasteiger partial charge in [0.15, 0.2) is 0 Å². The van der Waals surface area contributed by atoms with Crippen LogP contribution in [0.25, 0.3) is 0 Å². The molecule has 0 aromatic heterocycles. The first-order valence-electron chi connectivity index (χ1n) is 36.8. The Balaban J connectivity index is 3.41. The first kappa shape index (κ1) is 79.1. The summed E-state index contributed by atoms with van der Waals surface area (Å²) in [5, 5.41) is 23.3. The van der Waals surface area contributed by atoms with Crippen LogP contribution < -0.4 is 5.32 Å². The number of rotatable bonds is 69. The van der Waals surface area contributed by atoms with E-state index in [1.165, 1.54) is 334 Å². The number of nitrogens with one attached hydrogen (secondary N) is 1. The first-order chi connectivity index (χ1) is 40.0. The largest absolute Gasteiger partial charge is 0.466 e. The van der Waals surface area contributed by atoms with E-state index in [-0.39, 0.29) is 18.5 Å².